The molecule has 0 bridgehead atoms. The quantitative estimate of drug-likeness (QED) is 0.614. The Kier molecular flexibility index (Phi) is 5.66. The number of hydrogen-bond acceptors (Lipinski definition) is 4. The van der Waals surface area contributed by atoms with Crippen LogP contribution >= 0.6 is 0 Å². The van der Waals surface area contributed by atoms with Crippen molar-refractivity contribution >= 4 is 16.2 Å². The van der Waals surface area contributed by atoms with E-state index in [1.54, 1.807) is 13.8 Å². The summed E-state index contributed by atoms with van der Waals surface area (Å²) in [5.74, 6) is -0.588. The molecule has 0 unspecified atom stereocenters. The fraction of sp³-hybridized carbons (Fsp3) is 0.857. The molecule has 7 heteroatoms. The predicted molar refractivity (Wildman–Crippen MR) is 51.6 cm³/mol. The van der Waals surface area contributed by atoms with E-state index in [-0.39, 0.29) is 19.7 Å². The van der Waals surface area contributed by atoms with Gasteiger partial charge in [0.1, 0.15) is 6.54 Å². The zero-order chi connectivity index (χ0) is 11.2. The van der Waals surface area contributed by atoms with Crippen LogP contribution in [0, 0.1) is 0 Å². The van der Waals surface area contributed by atoms with Crippen LogP contribution in [0.2, 0.25) is 0 Å². The molecule has 0 aromatic rings. The molecular formula is C7H16N2O4S. The molecule has 0 aliphatic carbocycles. The van der Waals surface area contributed by atoms with Gasteiger partial charge < -0.3 is 4.74 Å². The molecule has 0 aliphatic rings. The number of carbonyl (C=O) groups excluding carboxylic acids is 1. The summed E-state index contributed by atoms with van der Waals surface area (Å²) in [5.41, 5.74) is 0. The van der Waals surface area contributed by atoms with Crippen LogP contribution in [0.15, 0.2) is 0 Å². The third-order valence-electron chi connectivity index (χ3n) is 1.44. The fourth-order valence-electron chi connectivity index (χ4n) is 0.896. The first-order valence-corrected chi connectivity index (χ1v) is 5.85. The lowest BCUT2D eigenvalue weighted by molar-refractivity contribution is -0.143. The van der Waals surface area contributed by atoms with Crippen molar-refractivity contribution in [1.82, 2.24) is 4.31 Å². The van der Waals surface area contributed by atoms with Crippen molar-refractivity contribution < 1.29 is 17.9 Å². The first-order chi connectivity index (χ1) is 6.41. The lowest BCUT2D eigenvalue weighted by atomic mass is 10.5. The highest BCUT2D eigenvalue weighted by molar-refractivity contribution is 7.86. The van der Waals surface area contributed by atoms with Crippen LogP contribution in [0.4, 0.5) is 0 Å². The smallest absolute Gasteiger partial charge is 0.321 e. The molecule has 0 amide bonds. The summed E-state index contributed by atoms with van der Waals surface area (Å²) in [6.45, 7) is 3.57. The lowest BCUT2D eigenvalue weighted by Crippen LogP contribution is -2.41. The molecule has 2 N–H and O–H groups in total. The SMILES string of the molecule is CCCN(CC(=O)OCC)S(N)(=O)=O. The number of rotatable bonds is 6. The molecule has 0 aromatic carbocycles. The Morgan fingerprint density at radius 2 is 2.00 bits per heavy atom. The molecule has 0 saturated carbocycles. The maximum absolute atomic E-state index is 11.0. The van der Waals surface area contributed by atoms with Crippen LogP contribution in [0.1, 0.15) is 20.3 Å². The molecule has 0 atom stereocenters. The Bertz CT molecular complexity index is 275. The van der Waals surface area contributed by atoms with E-state index in [1.807, 2.05) is 0 Å². The van der Waals surface area contributed by atoms with Gasteiger partial charge in [0.05, 0.1) is 6.61 Å². The van der Waals surface area contributed by atoms with E-state index >= 15 is 0 Å². The Hall–Kier alpha value is -0.660. The molecule has 0 spiro atoms. The summed E-state index contributed by atoms with van der Waals surface area (Å²) in [6.07, 6.45) is 0.593. The van der Waals surface area contributed by atoms with E-state index in [2.05, 4.69) is 4.74 Å². The number of carbonyl (C=O) groups is 1. The van der Waals surface area contributed by atoms with Gasteiger partial charge in [-0.3, -0.25) is 4.79 Å². The predicted octanol–water partition coefficient (Wildman–Crippen LogP) is -0.535. The van der Waals surface area contributed by atoms with Crippen molar-refractivity contribution in [2.75, 3.05) is 19.7 Å². The van der Waals surface area contributed by atoms with E-state index in [0.29, 0.717) is 6.42 Å². The monoisotopic (exact) mass is 224 g/mol. The summed E-state index contributed by atoms with van der Waals surface area (Å²) in [6, 6.07) is 0. The highest BCUT2D eigenvalue weighted by Crippen LogP contribution is 1.97. The first-order valence-electron chi connectivity index (χ1n) is 4.35. The van der Waals surface area contributed by atoms with Crippen molar-refractivity contribution in [3.05, 3.63) is 0 Å². The summed E-state index contributed by atoms with van der Waals surface area (Å²) in [7, 11) is -3.81. The third kappa shape index (κ3) is 5.15. The average Bonchev–Trinajstić information content (AvgIpc) is 2.02. The van der Waals surface area contributed by atoms with Crippen LogP contribution in [0.25, 0.3) is 0 Å². The van der Waals surface area contributed by atoms with Crippen molar-refractivity contribution in [3.63, 3.8) is 0 Å². The van der Waals surface area contributed by atoms with Crippen molar-refractivity contribution in [2.45, 2.75) is 20.3 Å². The van der Waals surface area contributed by atoms with Gasteiger partial charge in [0, 0.05) is 6.54 Å². The molecule has 6 nitrogen and oxygen atoms in total. The Morgan fingerprint density at radius 3 is 2.36 bits per heavy atom. The van der Waals surface area contributed by atoms with E-state index in [1.165, 1.54) is 0 Å². The number of hydrogen-bond donors (Lipinski definition) is 1. The van der Waals surface area contributed by atoms with Gasteiger partial charge in [-0.15, -0.1) is 0 Å². The summed E-state index contributed by atoms with van der Waals surface area (Å²) >= 11 is 0. The molecule has 0 saturated heterocycles. The van der Waals surface area contributed by atoms with Crippen LogP contribution in [-0.2, 0) is 19.7 Å². The minimum atomic E-state index is -3.81. The largest absolute Gasteiger partial charge is 0.465 e. The molecule has 0 radical (unpaired) electrons. The highest BCUT2D eigenvalue weighted by atomic mass is 32.2. The zero-order valence-electron chi connectivity index (χ0n) is 8.39. The van der Waals surface area contributed by atoms with Crippen molar-refractivity contribution in [2.24, 2.45) is 5.14 Å². The van der Waals surface area contributed by atoms with Gasteiger partial charge in [-0.1, -0.05) is 6.92 Å². The van der Waals surface area contributed by atoms with Gasteiger partial charge in [-0.2, -0.15) is 12.7 Å². The summed E-state index contributed by atoms with van der Waals surface area (Å²) < 4.78 is 27.4. The van der Waals surface area contributed by atoms with Crippen LogP contribution in [0.5, 0.6) is 0 Å². The second-order valence-corrected chi connectivity index (χ2v) is 4.23. The molecule has 0 rings (SSSR count). The van der Waals surface area contributed by atoms with Crippen LogP contribution in [-0.4, -0.2) is 38.4 Å². The van der Waals surface area contributed by atoms with Gasteiger partial charge in [-0.25, -0.2) is 5.14 Å². The minimum absolute atomic E-state index is 0.220. The highest BCUT2D eigenvalue weighted by Gasteiger charge is 2.20. The maximum atomic E-state index is 11.0. The van der Waals surface area contributed by atoms with Crippen molar-refractivity contribution in [1.29, 1.82) is 0 Å². The summed E-state index contributed by atoms with van der Waals surface area (Å²) in [5, 5.41) is 4.90. The Morgan fingerprint density at radius 1 is 1.43 bits per heavy atom. The number of ether oxygens (including phenoxy) is 1. The number of nitrogens with zero attached hydrogens (tertiary/aromatic N) is 1. The van der Waals surface area contributed by atoms with Gasteiger partial charge in [0.2, 0.25) is 0 Å². The third-order valence-corrected chi connectivity index (χ3v) is 2.48. The molecule has 0 aromatic heterocycles. The minimum Gasteiger partial charge on any atom is -0.465 e. The normalized spacial score (nSPS) is 11.7. The van der Waals surface area contributed by atoms with E-state index in [0.717, 1.165) is 4.31 Å². The summed E-state index contributed by atoms with van der Waals surface area (Å²) in [4.78, 5) is 11.0. The maximum Gasteiger partial charge on any atom is 0.321 e. The molecule has 0 aliphatic heterocycles. The van der Waals surface area contributed by atoms with Gasteiger partial charge in [-0.05, 0) is 13.3 Å². The fourth-order valence-corrected chi connectivity index (χ4v) is 1.62. The molecule has 84 valence electrons. The van der Waals surface area contributed by atoms with Gasteiger partial charge in [0.15, 0.2) is 0 Å². The molecule has 14 heavy (non-hydrogen) atoms. The molecule has 0 fully saturated rings. The lowest BCUT2D eigenvalue weighted by Gasteiger charge is -2.16. The standard InChI is InChI=1S/C7H16N2O4S/c1-3-5-9(14(8,11)12)6-7(10)13-4-2/h3-6H2,1-2H3,(H2,8,11,12). The van der Waals surface area contributed by atoms with E-state index < -0.39 is 16.2 Å². The Labute approximate surface area is 84.2 Å². The van der Waals surface area contributed by atoms with Crippen LogP contribution < -0.4 is 5.14 Å². The topological polar surface area (TPSA) is 89.7 Å². The van der Waals surface area contributed by atoms with Gasteiger partial charge >= 0.3 is 5.97 Å². The van der Waals surface area contributed by atoms with Gasteiger partial charge in [0.25, 0.3) is 10.2 Å². The average molecular weight is 224 g/mol. The molecular weight excluding hydrogens is 208 g/mol. The Balaban J connectivity index is 4.31. The van der Waals surface area contributed by atoms with E-state index in [9.17, 15) is 13.2 Å². The zero-order valence-corrected chi connectivity index (χ0v) is 9.21. The van der Waals surface area contributed by atoms with E-state index in [4.69, 9.17) is 5.14 Å². The second kappa shape index (κ2) is 5.94. The van der Waals surface area contributed by atoms with Crippen molar-refractivity contribution in [3.8, 4) is 0 Å². The second-order valence-electron chi connectivity index (χ2n) is 2.68. The number of esters is 1. The van der Waals surface area contributed by atoms with Crippen LogP contribution in [0.3, 0.4) is 0 Å². The number of nitrogens with two attached hydrogens (primary N) is 1. The first kappa shape index (κ1) is 13.3. The molecule has 0 heterocycles.